The monoisotopic (exact) mass is 312 g/mol. The number of rotatable bonds is 0. The molecule has 0 aliphatic carbocycles. The number of H-pyrrole nitrogens is 1. The molecule has 0 aliphatic rings. The lowest BCUT2D eigenvalue weighted by atomic mass is 10.5. The third-order valence-corrected chi connectivity index (χ3v) is 1.98. The number of aromatic amines is 1. The molecule has 2 aromatic rings. The van der Waals surface area contributed by atoms with E-state index in [1.54, 1.807) is 11.6 Å². The van der Waals surface area contributed by atoms with Crippen LogP contribution in [-0.4, -0.2) is 9.97 Å². The summed E-state index contributed by atoms with van der Waals surface area (Å²) >= 11 is 1.43. The Kier molecular flexibility index (Phi) is 4.66. The van der Waals surface area contributed by atoms with Crippen LogP contribution in [0.3, 0.4) is 0 Å². The summed E-state index contributed by atoms with van der Waals surface area (Å²) in [5.74, 6) is 0. The van der Waals surface area contributed by atoms with Gasteiger partial charge in [0.05, 0.1) is 11.0 Å². The second-order valence-electron chi connectivity index (χ2n) is 1.89. The van der Waals surface area contributed by atoms with Crippen molar-refractivity contribution in [1.82, 2.24) is 9.97 Å². The largest absolute Gasteiger partial charge is 0.312 e. The summed E-state index contributed by atoms with van der Waals surface area (Å²) in [4.78, 5) is 18.2. The molecule has 12 heavy (non-hydrogen) atoms. The first-order valence-electron chi connectivity index (χ1n) is 2.79. The number of nitrogens with one attached hydrogen (secondary N) is 1. The van der Waals surface area contributed by atoms with Gasteiger partial charge in [-0.25, -0.2) is 4.98 Å². The molecule has 6 heteroatoms. The maximum atomic E-state index is 10.7. The standard InChI is InChI=1S/C6H4N2OS.2BrH/c9-5-2-1-4-6(8-5)10-3-7-4;;/h1-3H,(H,8,9);2*1H. The Balaban J connectivity index is 0.000000605. The van der Waals surface area contributed by atoms with Gasteiger partial charge in [0.15, 0.2) is 0 Å². The lowest BCUT2D eigenvalue weighted by molar-refractivity contribution is 1.31. The molecule has 0 atom stereocenters. The molecule has 0 saturated heterocycles. The fourth-order valence-corrected chi connectivity index (χ4v) is 1.45. The molecule has 1 N–H and O–H groups in total. The van der Waals surface area contributed by atoms with Gasteiger partial charge < -0.3 is 4.98 Å². The number of hydrogen-bond acceptors (Lipinski definition) is 3. The van der Waals surface area contributed by atoms with Gasteiger partial charge in [-0.15, -0.1) is 45.3 Å². The van der Waals surface area contributed by atoms with Crippen LogP contribution in [0.4, 0.5) is 0 Å². The van der Waals surface area contributed by atoms with E-state index in [1.807, 2.05) is 0 Å². The van der Waals surface area contributed by atoms with E-state index in [9.17, 15) is 4.79 Å². The quantitative estimate of drug-likeness (QED) is 0.810. The van der Waals surface area contributed by atoms with E-state index in [4.69, 9.17) is 0 Å². The second-order valence-corrected chi connectivity index (χ2v) is 2.74. The van der Waals surface area contributed by atoms with Crippen molar-refractivity contribution in [3.63, 3.8) is 0 Å². The Labute approximate surface area is 93.4 Å². The second kappa shape index (κ2) is 4.74. The summed E-state index contributed by atoms with van der Waals surface area (Å²) in [6.45, 7) is 0. The predicted octanol–water partition coefficient (Wildman–Crippen LogP) is 2.14. The molecule has 0 unspecified atom stereocenters. The van der Waals surface area contributed by atoms with Crippen LogP contribution in [0.25, 0.3) is 10.3 Å². The van der Waals surface area contributed by atoms with Crippen LogP contribution in [0.1, 0.15) is 0 Å². The Bertz CT molecular complexity index is 411. The predicted molar refractivity (Wildman–Crippen MR) is 60.9 cm³/mol. The number of nitrogens with zero attached hydrogens (tertiary/aromatic N) is 1. The van der Waals surface area contributed by atoms with Crippen molar-refractivity contribution < 1.29 is 0 Å². The molecule has 0 radical (unpaired) electrons. The minimum atomic E-state index is -0.0725. The molecule has 3 nitrogen and oxygen atoms in total. The van der Waals surface area contributed by atoms with Crippen LogP contribution in [0.5, 0.6) is 0 Å². The summed E-state index contributed by atoms with van der Waals surface area (Å²) in [6.07, 6.45) is 0. The maximum Gasteiger partial charge on any atom is 0.249 e. The highest BCUT2D eigenvalue weighted by atomic mass is 79.9. The van der Waals surface area contributed by atoms with Crippen LogP contribution in [-0.2, 0) is 0 Å². The Morgan fingerprint density at radius 2 is 2.08 bits per heavy atom. The van der Waals surface area contributed by atoms with Crippen LogP contribution in [0, 0.1) is 0 Å². The zero-order valence-electron chi connectivity index (χ0n) is 5.81. The molecule has 2 heterocycles. The van der Waals surface area contributed by atoms with Crippen molar-refractivity contribution in [3.8, 4) is 0 Å². The summed E-state index contributed by atoms with van der Waals surface area (Å²) in [6, 6.07) is 3.19. The van der Waals surface area contributed by atoms with Gasteiger partial charge in [0, 0.05) is 6.07 Å². The molecule has 0 aliphatic heterocycles. The SMILES string of the molecule is Br.Br.O=c1ccc2ncsc2[nH]1. The van der Waals surface area contributed by atoms with Crippen molar-refractivity contribution in [1.29, 1.82) is 0 Å². The minimum Gasteiger partial charge on any atom is -0.312 e. The smallest absolute Gasteiger partial charge is 0.249 e. The van der Waals surface area contributed by atoms with Gasteiger partial charge in [0.25, 0.3) is 0 Å². The van der Waals surface area contributed by atoms with Crippen LogP contribution < -0.4 is 5.56 Å². The molecule has 0 saturated carbocycles. The van der Waals surface area contributed by atoms with Gasteiger partial charge in [-0.2, -0.15) is 0 Å². The number of fused-ring (bicyclic) bond motifs is 1. The first-order valence-corrected chi connectivity index (χ1v) is 3.67. The van der Waals surface area contributed by atoms with Gasteiger partial charge in [-0.05, 0) is 6.07 Å². The minimum absolute atomic E-state index is 0. The zero-order chi connectivity index (χ0) is 6.97. The summed E-state index contributed by atoms with van der Waals surface area (Å²) in [7, 11) is 0. The highest BCUT2D eigenvalue weighted by molar-refractivity contribution is 8.93. The maximum absolute atomic E-state index is 10.7. The topological polar surface area (TPSA) is 45.8 Å². The van der Waals surface area contributed by atoms with Crippen molar-refractivity contribution >= 4 is 55.6 Å². The molecule has 2 rings (SSSR count). The van der Waals surface area contributed by atoms with Gasteiger partial charge >= 0.3 is 0 Å². The molecule has 0 amide bonds. The van der Waals surface area contributed by atoms with Gasteiger partial charge in [-0.1, -0.05) is 0 Å². The normalized spacial score (nSPS) is 8.67. The first-order chi connectivity index (χ1) is 4.86. The van der Waals surface area contributed by atoms with E-state index in [1.165, 1.54) is 17.4 Å². The molecule has 0 aromatic carbocycles. The van der Waals surface area contributed by atoms with Crippen molar-refractivity contribution in [2.45, 2.75) is 0 Å². The van der Waals surface area contributed by atoms with Gasteiger partial charge in [0.2, 0.25) is 5.56 Å². The van der Waals surface area contributed by atoms with E-state index < -0.39 is 0 Å². The van der Waals surface area contributed by atoms with Crippen LogP contribution in [0.15, 0.2) is 22.4 Å². The van der Waals surface area contributed by atoms with Gasteiger partial charge in [0.1, 0.15) is 4.83 Å². The van der Waals surface area contributed by atoms with Crippen molar-refractivity contribution in [2.75, 3.05) is 0 Å². The molecule has 0 spiro atoms. The van der Waals surface area contributed by atoms with Crippen LogP contribution >= 0.6 is 45.3 Å². The number of hydrogen-bond donors (Lipinski definition) is 1. The Morgan fingerprint density at radius 3 is 2.83 bits per heavy atom. The third-order valence-electron chi connectivity index (χ3n) is 1.22. The Morgan fingerprint density at radius 1 is 1.33 bits per heavy atom. The average molecular weight is 314 g/mol. The summed E-state index contributed by atoms with van der Waals surface area (Å²) in [5.41, 5.74) is 2.49. The van der Waals surface area contributed by atoms with Crippen molar-refractivity contribution in [3.05, 3.63) is 28.0 Å². The van der Waals surface area contributed by atoms with E-state index in [2.05, 4.69) is 9.97 Å². The van der Waals surface area contributed by atoms with E-state index >= 15 is 0 Å². The summed E-state index contributed by atoms with van der Waals surface area (Å²) < 4.78 is 0. The fourth-order valence-electron chi connectivity index (χ4n) is 0.775. The molecular weight excluding hydrogens is 308 g/mol. The Hall–Kier alpha value is -0.200. The first kappa shape index (κ1) is 11.8. The fraction of sp³-hybridized carbons (Fsp3) is 0. The lowest BCUT2D eigenvalue weighted by Crippen LogP contribution is -2.00. The highest BCUT2D eigenvalue weighted by Gasteiger charge is 1.93. The molecular formula is C6H6Br2N2OS. The average Bonchev–Trinajstić information content (AvgIpc) is 2.33. The molecule has 0 bridgehead atoms. The number of thiazole rings is 1. The third kappa shape index (κ3) is 2.15. The zero-order valence-corrected chi connectivity index (χ0v) is 10.1. The van der Waals surface area contributed by atoms with E-state index in [0.717, 1.165) is 10.3 Å². The number of halogens is 2. The van der Waals surface area contributed by atoms with Crippen LogP contribution in [0.2, 0.25) is 0 Å². The summed E-state index contributed by atoms with van der Waals surface area (Å²) in [5, 5.41) is 0. The highest BCUT2D eigenvalue weighted by Crippen LogP contribution is 2.10. The van der Waals surface area contributed by atoms with E-state index in [0.29, 0.717) is 0 Å². The van der Waals surface area contributed by atoms with Gasteiger partial charge in [-0.3, -0.25) is 4.79 Å². The lowest BCUT2D eigenvalue weighted by Gasteiger charge is -1.82. The molecule has 0 fully saturated rings. The number of aromatic nitrogens is 2. The van der Waals surface area contributed by atoms with E-state index in [-0.39, 0.29) is 39.5 Å². The molecule has 66 valence electrons. The number of pyridine rings is 1. The molecule has 2 aromatic heterocycles. The van der Waals surface area contributed by atoms with Crippen molar-refractivity contribution in [2.24, 2.45) is 0 Å².